The maximum Gasteiger partial charge on any atom is 0.102 e. The molecule has 0 heterocycles. The number of hydrogen-bond acceptors (Lipinski definition) is 1. The van der Waals surface area contributed by atoms with Crippen molar-refractivity contribution >= 4 is 0 Å². The lowest BCUT2D eigenvalue weighted by atomic mass is 9.93. The molecule has 0 rings (SSSR count). The Morgan fingerprint density at radius 1 is 0.370 bits per heavy atom. The van der Waals surface area contributed by atoms with Gasteiger partial charge in [0.05, 0.1) is 27.2 Å². The predicted molar refractivity (Wildman–Crippen MR) is 205 cm³/mol. The van der Waals surface area contributed by atoms with Gasteiger partial charge in [0.2, 0.25) is 0 Å². The second kappa shape index (κ2) is 39.8. The Kier molecular flexibility index (Phi) is 42.0. The van der Waals surface area contributed by atoms with E-state index in [1.165, 1.54) is 231 Å². The Morgan fingerprint density at radius 2 is 0.587 bits per heavy atom. The summed E-state index contributed by atoms with van der Waals surface area (Å²) >= 11 is 0. The Bertz CT molecular complexity index is 539. The highest BCUT2D eigenvalue weighted by Gasteiger charge is 2.21. The molecular weight excluding hydrogens is 626 g/mol. The van der Waals surface area contributed by atoms with Crippen LogP contribution in [0.5, 0.6) is 0 Å². The smallest absolute Gasteiger partial charge is 0.102 e. The molecule has 0 saturated carbocycles. The van der Waals surface area contributed by atoms with E-state index in [9.17, 15) is 5.11 Å². The minimum atomic E-state index is 0. The van der Waals surface area contributed by atoms with Gasteiger partial charge in [-0.1, -0.05) is 226 Å². The monoisotopic (exact) mass is 716 g/mol. The molecule has 0 amide bonds. The van der Waals surface area contributed by atoms with E-state index in [1.54, 1.807) is 0 Å². The zero-order valence-corrected chi connectivity index (χ0v) is 34.3. The molecule has 1 atom stereocenters. The van der Waals surface area contributed by atoms with Gasteiger partial charge in [-0.15, -0.1) is 0 Å². The van der Waals surface area contributed by atoms with E-state index in [-0.39, 0.29) is 17.0 Å². The molecule has 0 aromatic rings. The molecule has 1 unspecified atom stereocenters. The molecule has 0 aromatic heterocycles. The van der Waals surface area contributed by atoms with Crippen molar-refractivity contribution in [2.45, 2.75) is 239 Å². The second-order valence-electron chi connectivity index (χ2n) is 16.0. The molecule has 0 aromatic carbocycles. The summed E-state index contributed by atoms with van der Waals surface area (Å²) in [7, 11) is 4.65. The van der Waals surface area contributed by atoms with Gasteiger partial charge in [0.25, 0.3) is 0 Å². The summed E-state index contributed by atoms with van der Waals surface area (Å²) < 4.78 is 0.985. The number of likely N-dealkylation sites (N-methyl/N-ethyl adjacent to an activating group) is 1. The van der Waals surface area contributed by atoms with Gasteiger partial charge in [-0.2, -0.15) is 0 Å². The summed E-state index contributed by atoms with van der Waals surface area (Å²) in [6.07, 6.45) is 50.7. The molecular formula is C43H90BrNO. The van der Waals surface area contributed by atoms with Crippen LogP contribution >= 0.6 is 0 Å². The molecule has 0 fully saturated rings. The summed E-state index contributed by atoms with van der Waals surface area (Å²) in [6.45, 7) is 7.08. The molecule has 0 radical (unpaired) electrons. The van der Waals surface area contributed by atoms with Crippen LogP contribution in [-0.4, -0.2) is 43.4 Å². The quantitative estimate of drug-likeness (QED) is 0.0496. The first-order valence-electron chi connectivity index (χ1n) is 21.5. The van der Waals surface area contributed by atoms with Crippen molar-refractivity contribution in [2.24, 2.45) is 5.92 Å². The first-order valence-corrected chi connectivity index (χ1v) is 21.5. The van der Waals surface area contributed by atoms with Gasteiger partial charge in [-0.05, 0) is 12.8 Å². The van der Waals surface area contributed by atoms with Crippen LogP contribution in [0.4, 0.5) is 0 Å². The van der Waals surface area contributed by atoms with Gasteiger partial charge < -0.3 is 26.6 Å². The molecule has 0 aliphatic rings. The fraction of sp³-hybridized carbons (Fsp3) is 1.00. The summed E-state index contributed by atoms with van der Waals surface area (Å²) in [4.78, 5) is 0. The standard InChI is InChI=1S/C43H90NO.BrH/c1-5-7-9-11-13-15-17-19-21-23-25-27-29-31-33-35-37-39-43(42-44(3,4)40-41-45)38-36-34-32-30-28-26-24-22-20-18-16-14-12-10-8-6-2;/h43,45H,5-42H2,1-4H3;1H/q+1;/p-1. The van der Waals surface area contributed by atoms with E-state index in [0.29, 0.717) is 6.61 Å². The van der Waals surface area contributed by atoms with Crippen molar-refractivity contribution in [2.75, 3.05) is 33.8 Å². The number of halogens is 1. The molecule has 1 N–H and O–H groups in total. The highest BCUT2D eigenvalue weighted by Crippen LogP contribution is 2.23. The van der Waals surface area contributed by atoms with Crippen molar-refractivity contribution in [1.29, 1.82) is 0 Å². The van der Waals surface area contributed by atoms with Gasteiger partial charge in [-0.3, -0.25) is 0 Å². The van der Waals surface area contributed by atoms with Crippen molar-refractivity contribution in [3.63, 3.8) is 0 Å². The second-order valence-corrected chi connectivity index (χ2v) is 16.0. The summed E-state index contributed by atoms with van der Waals surface area (Å²) in [5.74, 6) is 0.842. The molecule has 0 bridgehead atoms. The van der Waals surface area contributed by atoms with Gasteiger partial charge in [0, 0.05) is 5.92 Å². The number of hydrogen-bond donors (Lipinski definition) is 1. The van der Waals surface area contributed by atoms with Crippen molar-refractivity contribution in [1.82, 2.24) is 0 Å². The van der Waals surface area contributed by atoms with Crippen LogP contribution in [0.2, 0.25) is 0 Å². The van der Waals surface area contributed by atoms with Crippen LogP contribution in [-0.2, 0) is 0 Å². The van der Waals surface area contributed by atoms with E-state index in [1.807, 2.05) is 0 Å². The number of nitrogens with zero attached hydrogens (tertiary/aromatic N) is 1. The number of rotatable bonds is 39. The highest BCUT2D eigenvalue weighted by molar-refractivity contribution is 4.62. The molecule has 0 saturated heterocycles. The Labute approximate surface area is 303 Å². The van der Waals surface area contributed by atoms with Crippen LogP contribution in [0, 0.1) is 5.92 Å². The van der Waals surface area contributed by atoms with Gasteiger partial charge in [0.1, 0.15) is 6.54 Å². The van der Waals surface area contributed by atoms with Crippen LogP contribution in [0.15, 0.2) is 0 Å². The fourth-order valence-corrected chi connectivity index (χ4v) is 7.53. The maximum absolute atomic E-state index is 9.56. The molecule has 0 spiro atoms. The van der Waals surface area contributed by atoms with Crippen LogP contribution in [0.1, 0.15) is 239 Å². The molecule has 0 aliphatic heterocycles. The number of quaternary nitrogens is 1. The molecule has 2 nitrogen and oxygen atoms in total. The molecule has 0 aliphatic carbocycles. The van der Waals surface area contributed by atoms with E-state index in [2.05, 4.69) is 27.9 Å². The van der Waals surface area contributed by atoms with Crippen LogP contribution in [0.3, 0.4) is 0 Å². The van der Waals surface area contributed by atoms with Crippen molar-refractivity contribution in [3.05, 3.63) is 0 Å². The summed E-state index contributed by atoms with van der Waals surface area (Å²) in [6, 6.07) is 0. The first kappa shape index (κ1) is 48.5. The minimum Gasteiger partial charge on any atom is -1.00 e. The van der Waals surface area contributed by atoms with Gasteiger partial charge in [-0.25, -0.2) is 0 Å². The highest BCUT2D eigenvalue weighted by atomic mass is 79.9. The lowest BCUT2D eigenvalue weighted by molar-refractivity contribution is -0.894. The Hall–Kier alpha value is 0.400. The summed E-state index contributed by atoms with van der Waals surface area (Å²) in [5, 5.41) is 9.56. The fourth-order valence-electron chi connectivity index (χ4n) is 7.53. The van der Waals surface area contributed by atoms with Crippen LogP contribution < -0.4 is 17.0 Å². The third-order valence-corrected chi connectivity index (χ3v) is 10.6. The van der Waals surface area contributed by atoms with Crippen molar-refractivity contribution < 1.29 is 26.6 Å². The molecule has 3 heteroatoms. The SMILES string of the molecule is CCCCCCCCCCCCCCCCCCCC(CCCCCCCCCCCCCCCCCC)C[N+](C)(C)CCO.[Br-]. The van der Waals surface area contributed by atoms with Crippen molar-refractivity contribution in [3.8, 4) is 0 Å². The zero-order chi connectivity index (χ0) is 32.9. The predicted octanol–water partition coefficient (Wildman–Crippen LogP) is 11.4. The normalized spacial score (nSPS) is 12.5. The number of aliphatic hydroxyl groups is 1. The Balaban J connectivity index is 0. The van der Waals surface area contributed by atoms with Gasteiger partial charge in [0.15, 0.2) is 0 Å². The molecule has 280 valence electrons. The van der Waals surface area contributed by atoms with E-state index >= 15 is 0 Å². The lowest BCUT2D eigenvalue weighted by Gasteiger charge is -2.33. The average Bonchev–Trinajstić information content (AvgIpc) is 3.02. The average molecular weight is 717 g/mol. The Morgan fingerprint density at radius 3 is 0.804 bits per heavy atom. The van der Waals surface area contributed by atoms with Crippen LogP contribution in [0.25, 0.3) is 0 Å². The number of unbranched alkanes of at least 4 members (excludes halogenated alkanes) is 31. The number of aliphatic hydroxyl groups excluding tert-OH is 1. The summed E-state index contributed by atoms with van der Waals surface area (Å²) in [5.41, 5.74) is 0. The first-order chi connectivity index (χ1) is 22.1. The largest absolute Gasteiger partial charge is 1.00 e. The van der Waals surface area contributed by atoms with E-state index in [0.717, 1.165) is 16.9 Å². The third kappa shape index (κ3) is 38.8. The topological polar surface area (TPSA) is 20.2 Å². The third-order valence-electron chi connectivity index (χ3n) is 10.6. The maximum atomic E-state index is 9.56. The van der Waals surface area contributed by atoms with E-state index in [4.69, 9.17) is 0 Å². The lowest BCUT2D eigenvalue weighted by Crippen LogP contribution is -3.00. The van der Waals surface area contributed by atoms with Gasteiger partial charge >= 0.3 is 0 Å². The molecule has 46 heavy (non-hydrogen) atoms. The minimum absolute atomic E-state index is 0. The zero-order valence-electron chi connectivity index (χ0n) is 32.7. The van der Waals surface area contributed by atoms with E-state index < -0.39 is 0 Å².